The first-order valence-electron chi connectivity index (χ1n) is 9.87. The molecule has 0 spiro atoms. The van der Waals surface area contributed by atoms with Crippen LogP contribution in [-0.2, 0) is 16.1 Å². The third-order valence-corrected chi connectivity index (χ3v) is 5.40. The van der Waals surface area contributed by atoms with Gasteiger partial charge in [0.15, 0.2) is 0 Å². The van der Waals surface area contributed by atoms with Crippen LogP contribution in [0.15, 0.2) is 48.5 Å². The lowest BCUT2D eigenvalue weighted by Crippen LogP contribution is -2.51. The second-order valence-electron chi connectivity index (χ2n) is 7.29. The number of amides is 2. The van der Waals surface area contributed by atoms with Gasteiger partial charge in [-0.1, -0.05) is 30.3 Å². The Morgan fingerprint density at radius 2 is 1.72 bits per heavy atom. The molecule has 6 nitrogen and oxygen atoms in total. The Balaban J connectivity index is 1.36. The number of fused-ring (bicyclic) bond motifs is 1. The van der Waals surface area contributed by atoms with Gasteiger partial charge in [-0.05, 0) is 18.2 Å². The fourth-order valence-electron chi connectivity index (χ4n) is 3.75. The topological polar surface area (TPSA) is 53.1 Å². The van der Waals surface area contributed by atoms with Gasteiger partial charge in [0, 0.05) is 38.3 Å². The van der Waals surface area contributed by atoms with Crippen LogP contribution in [0.3, 0.4) is 0 Å². The van der Waals surface area contributed by atoms with Crippen molar-refractivity contribution < 1.29 is 18.7 Å². The van der Waals surface area contributed by atoms with Crippen molar-refractivity contribution in [2.75, 3.05) is 44.2 Å². The molecule has 0 aromatic heterocycles. The Bertz CT molecular complexity index is 896. The summed E-state index contributed by atoms with van der Waals surface area (Å²) in [6.45, 7) is 3.33. The lowest BCUT2D eigenvalue weighted by molar-refractivity contribution is -0.133. The Morgan fingerprint density at radius 3 is 2.52 bits per heavy atom. The highest BCUT2D eigenvalue weighted by molar-refractivity contribution is 6.00. The number of ether oxygens (including phenoxy) is 1. The second kappa shape index (κ2) is 8.61. The van der Waals surface area contributed by atoms with E-state index in [9.17, 15) is 14.0 Å². The summed E-state index contributed by atoms with van der Waals surface area (Å²) in [5.41, 5.74) is 1.31. The van der Waals surface area contributed by atoms with Crippen molar-refractivity contribution in [3.63, 3.8) is 0 Å². The monoisotopic (exact) mass is 397 g/mol. The molecule has 2 heterocycles. The van der Waals surface area contributed by atoms with Crippen LogP contribution in [0.5, 0.6) is 5.75 Å². The summed E-state index contributed by atoms with van der Waals surface area (Å²) in [5.74, 6) is 0.231. The number of para-hydroxylation sites is 2. The average molecular weight is 397 g/mol. The van der Waals surface area contributed by atoms with Gasteiger partial charge in [-0.25, -0.2) is 4.39 Å². The zero-order valence-corrected chi connectivity index (χ0v) is 16.2. The van der Waals surface area contributed by atoms with Crippen LogP contribution in [0.2, 0.25) is 0 Å². The van der Waals surface area contributed by atoms with Crippen LogP contribution in [0.1, 0.15) is 12.0 Å². The summed E-state index contributed by atoms with van der Waals surface area (Å²) in [7, 11) is 0. The largest absolute Gasteiger partial charge is 0.491 e. The minimum atomic E-state index is -0.202. The van der Waals surface area contributed by atoms with Crippen molar-refractivity contribution in [1.29, 1.82) is 0 Å². The van der Waals surface area contributed by atoms with Gasteiger partial charge < -0.3 is 9.64 Å². The van der Waals surface area contributed by atoms with E-state index in [1.54, 1.807) is 23.1 Å². The predicted octanol–water partition coefficient (Wildman–Crippen LogP) is 2.29. The molecular formula is C22H24FN3O3. The first-order chi connectivity index (χ1) is 14.1. The minimum Gasteiger partial charge on any atom is -0.491 e. The van der Waals surface area contributed by atoms with Crippen molar-refractivity contribution in [3.8, 4) is 5.75 Å². The van der Waals surface area contributed by atoms with Crippen LogP contribution in [0.25, 0.3) is 0 Å². The van der Waals surface area contributed by atoms with Crippen molar-refractivity contribution in [2.24, 2.45) is 0 Å². The highest BCUT2D eigenvalue weighted by Crippen LogP contribution is 2.30. The van der Waals surface area contributed by atoms with Gasteiger partial charge in [0.2, 0.25) is 11.8 Å². The highest BCUT2D eigenvalue weighted by atomic mass is 19.1. The van der Waals surface area contributed by atoms with E-state index in [2.05, 4.69) is 4.90 Å². The number of benzene rings is 2. The van der Waals surface area contributed by atoms with E-state index in [1.807, 2.05) is 24.3 Å². The van der Waals surface area contributed by atoms with Gasteiger partial charge in [0.1, 0.15) is 18.1 Å². The molecule has 29 heavy (non-hydrogen) atoms. The summed E-state index contributed by atoms with van der Waals surface area (Å²) in [5, 5.41) is 0. The van der Waals surface area contributed by atoms with E-state index in [0.29, 0.717) is 56.3 Å². The van der Waals surface area contributed by atoms with Crippen LogP contribution < -0.4 is 9.64 Å². The Kier molecular flexibility index (Phi) is 5.76. The molecule has 0 radical (unpaired) electrons. The molecule has 7 heteroatoms. The standard InChI is InChI=1S/C22H24FN3O3/c23-18-6-2-1-5-17(18)15-24-10-12-25(13-11-24)22(28)16-26-19-7-3-4-8-20(19)29-14-9-21(26)27/h1-8H,9-16H2. The van der Waals surface area contributed by atoms with Gasteiger partial charge in [-0.15, -0.1) is 0 Å². The number of anilines is 1. The normalized spacial score (nSPS) is 17.5. The molecule has 1 fully saturated rings. The number of hydrogen-bond acceptors (Lipinski definition) is 4. The molecular weight excluding hydrogens is 373 g/mol. The van der Waals surface area contributed by atoms with Gasteiger partial charge in [-0.3, -0.25) is 19.4 Å². The molecule has 0 bridgehead atoms. The van der Waals surface area contributed by atoms with Gasteiger partial charge in [-0.2, -0.15) is 0 Å². The number of carbonyl (C=O) groups excluding carboxylic acids is 2. The SMILES string of the molecule is O=C(CN1C(=O)CCOc2ccccc21)N1CCN(Cc2ccccc2F)CC1. The van der Waals surface area contributed by atoms with E-state index in [0.717, 1.165) is 0 Å². The van der Waals surface area contributed by atoms with E-state index in [-0.39, 0.29) is 30.6 Å². The molecule has 0 atom stereocenters. The molecule has 0 saturated carbocycles. The lowest BCUT2D eigenvalue weighted by Gasteiger charge is -2.35. The fraction of sp³-hybridized carbons (Fsp3) is 0.364. The number of hydrogen-bond donors (Lipinski definition) is 0. The smallest absolute Gasteiger partial charge is 0.242 e. The minimum absolute atomic E-state index is 0.00647. The molecule has 2 aromatic rings. The van der Waals surface area contributed by atoms with Crippen molar-refractivity contribution >= 4 is 17.5 Å². The van der Waals surface area contributed by atoms with Crippen LogP contribution in [0.4, 0.5) is 10.1 Å². The van der Waals surface area contributed by atoms with E-state index < -0.39 is 0 Å². The quantitative estimate of drug-likeness (QED) is 0.795. The van der Waals surface area contributed by atoms with Gasteiger partial charge in [0.25, 0.3) is 0 Å². The Morgan fingerprint density at radius 1 is 1.00 bits per heavy atom. The maximum atomic E-state index is 13.9. The number of nitrogens with zero attached hydrogens (tertiary/aromatic N) is 3. The van der Waals surface area contributed by atoms with Crippen LogP contribution in [-0.4, -0.2) is 60.9 Å². The first-order valence-corrected chi connectivity index (χ1v) is 9.87. The summed E-state index contributed by atoms with van der Waals surface area (Å²) in [6.07, 6.45) is 0.248. The Labute approximate surface area is 169 Å². The molecule has 2 aliphatic heterocycles. The maximum Gasteiger partial charge on any atom is 0.242 e. The molecule has 152 valence electrons. The van der Waals surface area contributed by atoms with E-state index in [4.69, 9.17) is 4.74 Å². The van der Waals surface area contributed by atoms with Gasteiger partial charge >= 0.3 is 0 Å². The zero-order chi connectivity index (χ0) is 20.2. The predicted molar refractivity (Wildman–Crippen MR) is 107 cm³/mol. The summed E-state index contributed by atoms with van der Waals surface area (Å²) >= 11 is 0. The Hall–Kier alpha value is -2.93. The third kappa shape index (κ3) is 4.40. The number of carbonyl (C=O) groups is 2. The maximum absolute atomic E-state index is 13.9. The zero-order valence-electron chi connectivity index (χ0n) is 16.2. The third-order valence-electron chi connectivity index (χ3n) is 5.40. The number of piperazine rings is 1. The van der Waals surface area contributed by atoms with Crippen molar-refractivity contribution in [2.45, 2.75) is 13.0 Å². The average Bonchev–Trinajstić information content (AvgIpc) is 2.89. The van der Waals surface area contributed by atoms with E-state index in [1.165, 1.54) is 11.0 Å². The molecule has 0 N–H and O–H groups in total. The van der Waals surface area contributed by atoms with E-state index >= 15 is 0 Å². The van der Waals surface area contributed by atoms with Crippen molar-refractivity contribution in [1.82, 2.24) is 9.80 Å². The molecule has 0 unspecified atom stereocenters. The first kappa shape index (κ1) is 19.4. The molecule has 4 rings (SSSR count). The fourth-order valence-corrected chi connectivity index (χ4v) is 3.75. The van der Waals surface area contributed by atoms with Crippen molar-refractivity contribution in [3.05, 3.63) is 59.9 Å². The summed E-state index contributed by atoms with van der Waals surface area (Å²) in [4.78, 5) is 30.8. The summed E-state index contributed by atoms with van der Waals surface area (Å²) in [6, 6.07) is 14.1. The molecule has 2 amide bonds. The van der Waals surface area contributed by atoms with Crippen LogP contribution in [0, 0.1) is 5.82 Å². The second-order valence-corrected chi connectivity index (χ2v) is 7.29. The molecule has 1 saturated heterocycles. The highest BCUT2D eigenvalue weighted by Gasteiger charge is 2.28. The summed E-state index contributed by atoms with van der Waals surface area (Å²) < 4.78 is 19.5. The molecule has 2 aromatic carbocycles. The molecule has 0 aliphatic carbocycles. The number of rotatable bonds is 4. The lowest BCUT2D eigenvalue weighted by atomic mass is 10.2. The number of halogens is 1. The van der Waals surface area contributed by atoms with Crippen LogP contribution >= 0.6 is 0 Å². The molecule has 2 aliphatic rings. The van der Waals surface area contributed by atoms with Gasteiger partial charge in [0.05, 0.1) is 18.7 Å².